The van der Waals surface area contributed by atoms with Gasteiger partial charge in [-0.25, -0.2) is 0 Å². The van der Waals surface area contributed by atoms with E-state index in [1.54, 1.807) is 0 Å². The molecule has 1 aromatic carbocycles. The molecule has 20 heavy (non-hydrogen) atoms. The number of amides is 2. The summed E-state index contributed by atoms with van der Waals surface area (Å²) in [5, 5.41) is 9.97. The number of benzene rings is 1. The van der Waals surface area contributed by atoms with Crippen molar-refractivity contribution in [2.24, 2.45) is 5.73 Å². The standard InChI is InChI=1S/C13H14N4O3/c1-7-3-5-9(6-4-7)12-16-17-13(20-12)10(11(14)19)15-8(2)18/h3-6,10H,1-2H3,(H2,14,19)(H,15,18)/t10-/m0/s1. The van der Waals surface area contributed by atoms with Gasteiger partial charge in [0, 0.05) is 12.5 Å². The molecule has 3 N–H and O–H groups in total. The Kier molecular flexibility index (Phi) is 3.79. The second-order valence-electron chi connectivity index (χ2n) is 4.35. The summed E-state index contributed by atoms with van der Waals surface area (Å²) in [6.07, 6.45) is 0. The summed E-state index contributed by atoms with van der Waals surface area (Å²) >= 11 is 0. The summed E-state index contributed by atoms with van der Waals surface area (Å²) in [6, 6.07) is 6.32. The first-order valence-electron chi connectivity index (χ1n) is 5.94. The third kappa shape index (κ3) is 3.00. The van der Waals surface area contributed by atoms with Crippen LogP contribution >= 0.6 is 0 Å². The molecule has 0 radical (unpaired) electrons. The van der Waals surface area contributed by atoms with Crippen molar-refractivity contribution in [2.45, 2.75) is 19.9 Å². The van der Waals surface area contributed by atoms with Crippen LogP contribution in [0.2, 0.25) is 0 Å². The van der Waals surface area contributed by atoms with Crippen LogP contribution in [0.15, 0.2) is 28.7 Å². The molecule has 2 aromatic rings. The van der Waals surface area contributed by atoms with Crippen molar-refractivity contribution >= 4 is 11.8 Å². The third-order valence-corrected chi connectivity index (χ3v) is 2.62. The zero-order chi connectivity index (χ0) is 14.7. The molecule has 2 rings (SSSR count). The van der Waals surface area contributed by atoms with E-state index in [1.807, 2.05) is 31.2 Å². The fraction of sp³-hybridized carbons (Fsp3) is 0.231. The van der Waals surface area contributed by atoms with Gasteiger partial charge in [0.25, 0.3) is 0 Å². The van der Waals surface area contributed by atoms with Gasteiger partial charge >= 0.3 is 0 Å². The van der Waals surface area contributed by atoms with Crippen molar-refractivity contribution in [3.05, 3.63) is 35.7 Å². The van der Waals surface area contributed by atoms with Crippen molar-refractivity contribution in [3.63, 3.8) is 0 Å². The predicted octanol–water partition coefficient (Wildman–Crippen LogP) is 0.708. The lowest BCUT2D eigenvalue weighted by Crippen LogP contribution is -2.36. The maximum absolute atomic E-state index is 11.3. The second kappa shape index (κ2) is 5.52. The van der Waals surface area contributed by atoms with Crippen molar-refractivity contribution in [2.75, 3.05) is 0 Å². The Hall–Kier alpha value is -2.70. The van der Waals surface area contributed by atoms with Gasteiger partial charge in [-0.1, -0.05) is 17.7 Å². The molecule has 0 unspecified atom stereocenters. The molecule has 0 aliphatic heterocycles. The Morgan fingerprint density at radius 1 is 1.25 bits per heavy atom. The predicted molar refractivity (Wildman–Crippen MR) is 70.2 cm³/mol. The van der Waals surface area contributed by atoms with Gasteiger partial charge in [0.2, 0.25) is 23.6 Å². The van der Waals surface area contributed by atoms with Crippen LogP contribution in [0.5, 0.6) is 0 Å². The topological polar surface area (TPSA) is 111 Å². The van der Waals surface area contributed by atoms with Gasteiger partial charge in [-0.15, -0.1) is 10.2 Å². The highest BCUT2D eigenvalue weighted by atomic mass is 16.4. The molecular weight excluding hydrogens is 260 g/mol. The first-order valence-corrected chi connectivity index (χ1v) is 5.94. The molecule has 0 aliphatic carbocycles. The van der Waals surface area contributed by atoms with Gasteiger partial charge in [0.05, 0.1) is 0 Å². The lowest BCUT2D eigenvalue weighted by Gasteiger charge is -2.08. The zero-order valence-corrected chi connectivity index (χ0v) is 11.1. The molecule has 1 aromatic heterocycles. The van der Waals surface area contributed by atoms with Gasteiger partial charge in [-0.2, -0.15) is 0 Å². The number of carbonyl (C=O) groups is 2. The number of nitrogens with zero attached hydrogens (tertiary/aromatic N) is 2. The summed E-state index contributed by atoms with van der Waals surface area (Å²) in [6.45, 7) is 3.23. The van der Waals surface area contributed by atoms with Crippen molar-refractivity contribution < 1.29 is 14.0 Å². The lowest BCUT2D eigenvalue weighted by molar-refractivity contribution is -0.126. The van der Waals surface area contributed by atoms with Gasteiger partial charge in [-0.05, 0) is 19.1 Å². The third-order valence-electron chi connectivity index (χ3n) is 2.62. The summed E-state index contributed by atoms with van der Waals surface area (Å²) in [4.78, 5) is 22.3. The first kappa shape index (κ1) is 13.7. The summed E-state index contributed by atoms with van der Waals surface area (Å²) in [5.74, 6) is -0.955. The van der Waals surface area contributed by atoms with Crippen molar-refractivity contribution in [1.29, 1.82) is 0 Å². The SMILES string of the molecule is CC(=O)N[C@@H](C(N)=O)c1nnc(-c2ccc(C)cc2)o1. The minimum absolute atomic E-state index is 0.0386. The number of nitrogens with two attached hydrogens (primary N) is 1. The molecule has 0 saturated carbocycles. The van der Waals surface area contributed by atoms with Crippen LogP contribution in [-0.4, -0.2) is 22.0 Å². The fourth-order valence-corrected chi connectivity index (χ4v) is 1.62. The number of carbonyl (C=O) groups excluding carboxylic acids is 2. The van der Waals surface area contributed by atoms with Crippen LogP contribution in [0.4, 0.5) is 0 Å². The number of aromatic nitrogens is 2. The maximum Gasteiger partial charge on any atom is 0.249 e. The van der Waals surface area contributed by atoms with E-state index < -0.39 is 17.9 Å². The highest BCUT2D eigenvalue weighted by Crippen LogP contribution is 2.21. The molecule has 0 fully saturated rings. The van der Waals surface area contributed by atoms with Crippen molar-refractivity contribution in [1.82, 2.24) is 15.5 Å². The van der Waals surface area contributed by atoms with E-state index >= 15 is 0 Å². The number of rotatable bonds is 4. The second-order valence-corrected chi connectivity index (χ2v) is 4.35. The van der Waals surface area contributed by atoms with E-state index in [2.05, 4.69) is 15.5 Å². The van der Waals surface area contributed by atoms with Crippen LogP contribution < -0.4 is 11.1 Å². The number of aryl methyl sites for hydroxylation is 1. The van der Waals surface area contributed by atoms with Crippen molar-refractivity contribution in [3.8, 4) is 11.5 Å². The lowest BCUT2D eigenvalue weighted by atomic mass is 10.1. The summed E-state index contributed by atoms with van der Waals surface area (Å²) in [7, 11) is 0. The molecule has 7 heteroatoms. The first-order chi connectivity index (χ1) is 9.47. The van der Waals surface area contributed by atoms with E-state index in [0.717, 1.165) is 11.1 Å². The molecule has 0 spiro atoms. The van der Waals surface area contributed by atoms with E-state index in [9.17, 15) is 9.59 Å². The monoisotopic (exact) mass is 274 g/mol. The van der Waals surface area contributed by atoms with Crippen LogP contribution in [0.1, 0.15) is 24.4 Å². The number of nitrogens with one attached hydrogen (secondary N) is 1. The number of hydrogen-bond acceptors (Lipinski definition) is 5. The molecule has 0 aliphatic rings. The highest BCUT2D eigenvalue weighted by molar-refractivity contribution is 5.85. The molecule has 104 valence electrons. The average Bonchev–Trinajstić information content (AvgIpc) is 2.85. The van der Waals surface area contributed by atoms with E-state index in [0.29, 0.717) is 0 Å². The Bertz CT molecular complexity index is 633. The van der Waals surface area contributed by atoms with Crippen LogP contribution in [0.25, 0.3) is 11.5 Å². The Labute approximate surface area is 115 Å². The number of primary amides is 1. The smallest absolute Gasteiger partial charge is 0.249 e. The largest absolute Gasteiger partial charge is 0.418 e. The van der Waals surface area contributed by atoms with Gasteiger partial charge in [0.15, 0.2) is 6.04 Å². The Balaban J connectivity index is 2.29. The minimum Gasteiger partial charge on any atom is -0.418 e. The van der Waals surface area contributed by atoms with Gasteiger partial charge < -0.3 is 15.5 Å². The van der Waals surface area contributed by atoms with E-state index in [4.69, 9.17) is 10.2 Å². The molecule has 1 atom stereocenters. The average molecular weight is 274 g/mol. The fourth-order valence-electron chi connectivity index (χ4n) is 1.62. The highest BCUT2D eigenvalue weighted by Gasteiger charge is 2.25. The molecule has 0 bridgehead atoms. The maximum atomic E-state index is 11.3. The summed E-state index contributed by atoms with van der Waals surface area (Å²) < 4.78 is 5.40. The zero-order valence-electron chi connectivity index (χ0n) is 11.1. The molecule has 2 amide bonds. The van der Waals surface area contributed by atoms with Crippen LogP contribution in [0.3, 0.4) is 0 Å². The quantitative estimate of drug-likeness (QED) is 0.852. The van der Waals surface area contributed by atoms with E-state index in [-0.39, 0.29) is 11.8 Å². The van der Waals surface area contributed by atoms with Gasteiger partial charge in [0.1, 0.15) is 0 Å². The van der Waals surface area contributed by atoms with Crippen LogP contribution in [-0.2, 0) is 9.59 Å². The Morgan fingerprint density at radius 2 is 1.90 bits per heavy atom. The number of hydrogen-bond donors (Lipinski definition) is 2. The molecule has 1 heterocycles. The van der Waals surface area contributed by atoms with E-state index in [1.165, 1.54) is 6.92 Å². The summed E-state index contributed by atoms with van der Waals surface area (Å²) in [5.41, 5.74) is 7.02. The molecule has 7 nitrogen and oxygen atoms in total. The normalized spacial score (nSPS) is 11.9. The Morgan fingerprint density at radius 3 is 2.45 bits per heavy atom. The van der Waals surface area contributed by atoms with Gasteiger partial charge in [-0.3, -0.25) is 9.59 Å². The minimum atomic E-state index is -1.13. The molecule has 0 saturated heterocycles. The van der Waals surface area contributed by atoms with Crippen LogP contribution in [0, 0.1) is 6.92 Å². The molecular formula is C13H14N4O3.